The second-order valence-corrected chi connectivity index (χ2v) is 5.42. The standard InChI is InChI=1S/C16H10Cl2N2O2/c17-11-6-7-14(12(18)8-11)20-15(9-13(19-20)16(21)22)10-4-2-1-3-5-10/h1-9H,(H,21,22)/p-1. The minimum absolute atomic E-state index is 0.162. The Morgan fingerprint density at radius 3 is 2.41 bits per heavy atom. The van der Waals surface area contributed by atoms with Gasteiger partial charge in [0.1, 0.15) is 5.69 Å². The van der Waals surface area contributed by atoms with Gasteiger partial charge in [0, 0.05) is 10.6 Å². The summed E-state index contributed by atoms with van der Waals surface area (Å²) in [6.07, 6.45) is 0. The maximum atomic E-state index is 11.1. The van der Waals surface area contributed by atoms with Crippen LogP contribution < -0.4 is 5.11 Å². The quantitative estimate of drug-likeness (QED) is 0.740. The number of carbonyl (C=O) groups is 1. The molecule has 0 unspecified atom stereocenters. The number of carbonyl (C=O) groups excluding carboxylic acids is 1. The van der Waals surface area contributed by atoms with Crippen molar-refractivity contribution in [3.63, 3.8) is 0 Å². The second kappa shape index (κ2) is 5.83. The zero-order valence-electron chi connectivity index (χ0n) is 11.2. The molecule has 110 valence electrons. The van der Waals surface area contributed by atoms with Crippen LogP contribution in [0.3, 0.4) is 0 Å². The topological polar surface area (TPSA) is 57.9 Å². The van der Waals surface area contributed by atoms with Gasteiger partial charge in [-0.2, -0.15) is 5.10 Å². The molecule has 0 radical (unpaired) electrons. The van der Waals surface area contributed by atoms with Crippen LogP contribution in [0, 0.1) is 0 Å². The molecule has 0 N–H and O–H groups in total. The number of carboxylic acid groups (broad SMARTS) is 1. The number of hydrogen-bond acceptors (Lipinski definition) is 3. The predicted octanol–water partition coefficient (Wildman–Crippen LogP) is 3.21. The molecule has 0 bridgehead atoms. The van der Waals surface area contributed by atoms with Crippen molar-refractivity contribution in [3.8, 4) is 16.9 Å². The lowest BCUT2D eigenvalue weighted by atomic mass is 10.1. The van der Waals surface area contributed by atoms with Gasteiger partial charge in [-0.05, 0) is 24.3 Å². The number of aromatic nitrogens is 2. The number of nitrogens with zero attached hydrogens (tertiary/aromatic N) is 2. The molecule has 0 atom stereocenters. The summed E-state index contributed by atoms with van der Waals surface area (Å²) in [4.78, 5) is 11.1. The average molecular weight is 332 g/mol. The van der Waals surface area contributed by atoms with Crippen molar-refractivity contribution >= 4 is 29.2 Å². The second-order valence-electron chi connectivity index (χ2n) is 4.58. The van der Waals surface area contributed by atoms with Crippen molar-refractivity contribution in [3.05, 3.63) is 70.3 Å². The number of hydrogen-bond donors (Lipinski definition) is 0. The number of halogens is 2. The van der Waals surface area contributed by atoms with Crippen molar-refractivity contribution in [2.24, 2.45) is 0 Å². The fourth-order valence-corrected chi connectivity index (χ4v) is 2.62. The Kier molecular flexibility index (Phi) is 3.88. The van der Waals surface area contributed by atoms with Crippen molar-refractivity contribution < 1.29 is 9.90 Å². The summed E-state index contributed by atoms with van der Waals surface area (Å²) in [6, 6.07) is 15.7. The van der Waals surface area contributed by atoms with Gasteiger partial charge in [-0.1, -0.05) is 53.5 Å². The first-order valence-electron chi connectivity index (χ1n) is 6.38. The molecule has 0 saturated heterocycles. The molecule has 4 nitrogen and oxygen atoms in total. The zero-order chi connectivity index (χ0) is 15.7. The number of rotatable bonds is 3. The number of benzene rings is 2. The van der Waals surface area contributed by atoms with E-state index >= 15 is 0 Å². The normalized spacial score (nSPS) is 10.6. The van der Waals surface area contributed by atoms with E-state index in [2.05, 4.69) is 5.10 Å². The van der Waals surface area contributed by atoms with Crippen LogP contribution in [0.25, 0.3) is 16.9 Å². The Morgan fingerprint density at radius 2 is 1.77 bits per heavy atom. The highest BCUT2D eigenvalue weighted by Crippen LogP contribution is 2.29. The molecule has 1 aromatic heterocycles. The molecule has 0 fully saturated rings. The van der Waals surface area contributed by atoms with Gasteiger partial charge >= 0.3 is 0 Å². The van der Waals surface area contributed by atoms with Gasteiger partial charge in [-0.3, -0.25) is 0 Å². The Hall–Kier alpha value is -2.30. The monoisotopic (exact) mass is 331 g/mol. The van der Waals surface area contributed by atoms with Gasteiger partial charge in [0.25, 0.3) is 0 Å². The molecule has 0 aliphatic rings. The molecular weight excluding hydrogens is 323 g/mol. The molecule has 2 aromatic carbocycles. The van der Waals surface area contributed by atoms with E-state index in [0.29, 0.717) is 21.4 Å². The molecule has 1 heterocycles. The molecule has 22 heavy (non-hydrogen) atoms. The van der Waals surface area contributed by atoms with E-state index in [0.717, 1.165) is 5.56 Å². The maximum absolute atomic E-state index is 11.1. The molecular formula is C16H9Cl2N2O2-. The van der Waals surface area contributed by atoms with Gasteiger partial charge in [-0.25, -0.2) is 4.68 Å². The van der Waals surface area contributed by atoms with Crippen LogP contribution in [0.5, 0.6) is 0 Å². The predicted molar refractivity (Wildman–Crippen MR) is 83.4 cm³/mol. The highest BCUT2D eigenvalue weighted by Gasteiger charge is 2.14. The average Bonchev–Trinajstić information content (AvgIpc) is 2.93. The van der Waals surface area contributed by atoms with E-state index in [-0.39, 0.29) is 5.69 Å². The number of aromatic carboxylic acids is 1. The van der Waals surface area contributed by atoms with Crippen molar-refractivity contribution in [1.29, 1.82) is 0 Å². The van der Waals surface area contributed by atoms with Crippen molar-refractivity contribution in [2.45, 2.75) is 0 Å². The highest BCUT2D eigenvalue weighted by molar-refractivity contribution is 6.35. The fourth-order valence-electron chi connectivity index (χ4n) is 2.13. The molecule has 3 rings (SSSR count). The van der Waals surface area contributed by atoms with E-state index in [1.165, 1.54) is 10.7 Å². The van der Waals surface area contributed by atoms with Gasteiger partial charge in [0.2, 0.25) is 0 Å². The lowest BCUT2D eigenvalue weighted by molar-refractivity contribution is -0.255. The third-order valence-corrected chi connectivity index (χ3v) is 3.66. The Bertz CT molecular complexity index is 845. The first-order valence-corrected chi connectivity index (χ1v) is 7.14. The van der Waals surface area contributed by atoms with Crippen molar-refractivity contribution in [2.75, 3.05) is 0 Å². The summed E-state index contributed by atoms with van der Waals surface area (Å²) in [7, 11) is 0. The van der Waals surface area contributed by atoms with Crippen molar-refractivity contribution in [1.82, 2.24) is 9.78 Å². The summed E-state index contributed by atoms with van der Waals surface area (Å²) in [5.41, 5.74) is 1.79. The van der Waals surface area contributed by atoms with E-state index in [9.17, 15) is 9.90 Å². The van der Waals surface area contributed by atoms with E-state index in [1.54, 1.807) is 18.2 Å². The lowest BCUT2D eigenvalue weighted by Gasteiger charge is -2.09. The van der Waals surface area contributed by atoms with Crippen LogP contribution in [0.4, 0.5) is 0 Å². The molecule has 0 spiro atoms. The molecule has 6 heteroatoms. The summed E-state index contributed by atoms with van der Waals surface area (Å²) in [5, 5.41) is 16.1. The number of carboxylic acids is 1. The molecule has 0 aliphatic carbocycles. The Labute approximate surface area is 136 Å². The van der Waals surface area contributed by atoms with Crippen LogP contribution >= 0.6 is 23.2 Å². The maximum Gasteiger partial charge on any atom is 0.109 e. The summed E-state index contributed by atoms with van der Waals surface area (Å²) in [5.74, 6) is -1.35. The van der Waals surface area contributed by atoms with Crippen LogP contribution in [0.1, 0.15) is 10.5 Å². The van der Waals surface area contributed by atoms with Crippen LogP contribution in [0.15, 0.2) is 54.6 Å². The SMILES string of the molecule is O=C([O-])c1cc(-c2ccccc2)n(-c2ccc(Cl)cc2Cl)n1. The van der Waals surface area contributed by atoms with E-state index in [4.69, 9.17) is 23.2 Å². The van der Waals surface area contributed by atoms with Crippen LogP contribution in [-0.2, 0) is 0 Å². The summed E-state index contributed by atoms with van der Waals surface area (Å²) in [6.45, 7) is 0. The van der Waals surface area contributed by atoms with Gasteiger partial charge in [-0.15, -0.1) is 0 Å². The third-order valence-electron chi connectivity index (χ3n) is 3.13. The summed E-state index contributed by atoms with van der Waals surface area (Å²) < 4.78 is 1.47. The largest absolute Gasteiger partial charge is 0.543 e. The molecule has 3 aromatic rings. The van der Waals surface area contributed by atoms with Crippen LogP contribution in [0.2, 0.25) is 10.0 Å². The molecule has 0 amide bonds. The first kappa shape index (κ1) is 14.6. The smallest absolute Gasteiger partial charge is 0.109 e. The Morgan fingerprint density at radius 1 is 1.05 bits per heavy atom. The third kappa shape index (κ3) is 2.71. The van der Waals surface area contributed by atoms with Gasteiger partial charge in [0.05, 0.1) is 22.4 Å². The van der Waals surface area contributed by atoms with Crippen LogP contribution in [-0.4, -0.2) is 15.7 Å². The Balaban J connectivity index is 2.24. The molecule has 0 saturated carbocycles. The fraction of sp³-hybridized carbons (Fsp3) is 0. The zero-order valence-corrected chi connectivity index (χ0v) is 12.7. The molecule has 0 aliphatic heterocycles. The van der Waals surface area contributed by atoms with E-state index < -0.39 is 5.97 Å². The minimum atomic E-state index is -1.35. The highest BCUT2D eigenvalue weighted by atomic mass is 35.5. The first-order chi connectivity index (χ1) is 10.6. The minimum Gasteiger partial charge on any atom is -0.543 e. The van der Waals surface area contributed by atoms with Gasteiger partial charge in [0.15, 0.2) is 0 Å². The lowest BCUT2D eigenvalue weighted by Crippen LogP contribution is -2.22. The van der Waals surface area contributed by atoms with Gasteiger partial charge < -0.3 is 9.90 Å². The summed E-state index contributed by atoms with van der Waals surface area (Å²) >= 11 is 12.1. The van der Waals surface area contributed by atoms with E-state index in [1.807, 2.05) is 30.3 Å².